The molecule has 0 spiro atoms. The molecule has 1 aliphatic heterocycles. The molecule has 7 nitrogen and oxygen atoms in total. The maximum atomic E-state index is 12.8. The zero-order valence-corrected chi connectivity index (χ0v) is 16.9. The third-order valence-electron chi connectivity index (χ3n) is 5.05. The van der Waals surface area contributed by atoms with E-state index in [4.69, 9.17) is 9.72 Å². The predicted octanol–water partition coefficient (Wildman–Crippen LogP) is 4.32. The number of pyridine rings is 1. The van der Waals surface area contributed by atoms with E-state index in [0.717, 1.165) is 17.9 Å². The molecule has 0 atom stereocenters. The molecule has 0 radical (unpaired) electrons. The van der Waals surface area contributed by atoms with Gasteiger partial charge in [0.1, 0.15) is 11.6 Å². The van der Waals surface area contributed by atoms with Crippen molar-refractivity contribution in [1.29, 1.82) is 0 Å². The lowest BCUT2D eigenvalue weighted by Gasteiger charge is -2.27. The number of rotatable bonds is 4. The number of hydrogen-bond donors (Lipinski definition) is 1. The third-order valence-corrected chi connectivity index (χ3v) is 5.05. The molecule has 2 amide bonds. The number of ether oxygens (including phenoxy) is 1. The smallest absolute Gasteiger partial charge is 0.322 e. The zero-order chi connectivity index (χ0) is 20.4. The van der Waals surface area contributed by atoms with Crippen molar-refractivity contribution >= 4 is 11.7 Å². The largest absolute Gasteiger partial charge is 0.439 e. The van der Waals surface area contributed by atoms with Gasteiger partial charge in [0, 0.05) is 49.6 Å². The lowest BCUT2D eigenvalue weighted by molar-refractivity contribution is 0.205. The van der Waals surface area contributed by atoms with Gasteiger partial charge in [0.2, 0.25) is 5.88 Å². The van der Waals surface area contributed by atoms with Crippen LogP contribution in [-0.4, -0.2) is 32.0 Å². The van der Waals surface area contributed by atoms with E-state index < -0.39 is 0 Å². The molecule has 3 aromatic rings. The Balaban J connectivity index is 1.44. The van der Waals surface area contributed by atoms with Crippen LogP contribution in [0, 0.1) is 0 Å². The molecule has 1 aliphatic rings. The van der Waals surface area contributed by atoms with E-state index in [1.165, 1.54) is 5.69 Å². The summed E-state index contributed by atoms with van der Waals surface area (Å²) in [5.74, 6) is 2.55. The minimum Gasteiger partial charge on any atom is -0.439 e. The van der Waals surface area contributed by atoms with E-state index in [1.807, 2.05) is 30.3 Å². The molecule has 0 bridgehead atoms. The summed E-state index contributed by atoms with van der Waals surface area (Å²) < 4.78 is 7.91. The molecule has 29 heavy (non-hydrogen) atoms. The van der Waals surface area contributed by atoms with Crippen LogP contribution in [0.1, 0.15) is 37.0 Å². The van der Waals surface area contributed by atoms with E-state index in [0.29, 0.717) is 36.3 Å². The molecule has 0 saturated heterocycles. The summed E-state index contributed by atoms with van der Waals surface area (Å²) in [4.78, 5) is 23.6. The fourth-order valence-electron chi connectivity index (χ4n) is 3.59. The average molecular weight is 391 g/mol. The summed E-state index contributed by atoms with van der Waals surface area (Å²) >= 11 is 0. The van der Waals surface area contributed by atoms with Crippen LogP contribution in [0.3, 0.4) is 0 Å². The Morgan fingerprint density at radius 3 is 2.76 bits per heavy atom. The minimum absolute atomic E-state index is 0.149. The number of amides is 2. The lowest BCUT2D eigenvalue weighted by atomic mass is 10.1. The second-order valence-corrected chi connectivity index (χ2v) is 7.48. The summed E-state index contributed by atoms with van der Waals surface area (Å²) in [7, 11) is 2.06. The quantitative estimate of drug-likeness (QED) is 0.719. The number of aromatic nitrogens is 3. The molecule has 0 saturated carbocycles. The van der Waals surface area contributed by atoms with E-state index >= 15 is 0 Å². The van der Waals surface area contributed by atoms with Crippen molar-refractivity contribution in [3.05, 3.63) is 65.9 Å². The van der Waals surface area contributed by atoms with Gasteiger partial charge < -0.3 is 19.5 Å². The molecular formula is C22H25N5O2. The first-order chi connectivity index (χ1) is 14.0. The van der Waals surface area contributed by atoms with Gasteiger partial charge >= 0.3 is 6.03 Å². The number of anilines is 1. The van der Waals surface area contributed by atoms with E-state index in [2.05, 4.69) is 35.8 Å². The maximum Gasteiger partial charge on any atom is 0.322 e. The van der Waals surface area contributed by atoms with Crippen LogP contribution in [0.2, 0.25) is 0 Å². The van der Waals surface area contributed by atoms with Crippen LogP contribution < -0.4 is 10.1 Å². The van der Waals surface area contributed by atoms with Crippen molar-refractivity contribution in [2.45, 2.75) is 32.7 Å². The Kier molecular flexibility index (Phi) is 5.20. The van der Waals surface area contributed by atoms with Crippen molar-refractivity contribution in [3.63, 3.8) is 0 Å². The molecule has 7 heteroatoms. The van der Waals surface area contributed by atoms with Crippen molar-refractivity contribution in [2.75, 3.05) is 11.9 Å². The van der Waals surface area contributed by atoms with Gasteiger partial charge in [0.05, 0.1) is 12.2 Å². The molecular weight excluding hydrogens is 366 g/mol. The maximum absolute atomic E-state index is 12.8. The van der Waals surface area contributed by atoms with Crippen LogP contribution in [0.15, 0.2) is 48.7 Å². The van der Waals surface area contributed by atoms with Crippen molar-refractivity contribution in [1.82, 2.24) is 19.4 Å². The summed E-state index contributed by atoms with van der Waals surface area (Å²) in [5.41, 5.74) is 2.85. The topological polar surface area (TPSA) is 72.3 Å². The predicted molar refractivity (Wildman–Crippen MR) is 111 cm³/mol. The summed E-state index contributed by atoms with van der Waals surface area (Å²) in [6.45, 7) is 5.45. The summed E-state index contributed by atoms with van der Waals surface area (Å²) in [6.07, 6.45) is 2.42. The molecule has 1 N–H and O–H groups in total. The molecule has 3 heterocycles. The van der Waals surface area contributed by atoms with Crippen molar-refractivity contribution < 1.29 is 9.53 Å². The van der Waals surface area contributed by atoms with Gasteiger partial charge in [-0.1, -0.05) is 32.0 Å². The Hall–Kier alpha value is -3.35. The Morgan fingerprint density at radius 2 is 2.00 bits per heavy atom. The van der Waals surface area contributed by atoms with Gasteiger partial charge in [-0.2, -0.15) is 0 Å². The Morgan fingerprint density at radius 1 is 1.21 bits per heavy atom. The highest BCUT2D eigenvalue weighted by Crippen LogP contribution is 2.25. The highest BCUT2D eigenvalue weighted by molar-refractivity contribution is 5.89. The summed E-state index contributed by atoms with van der Waals surface area (Å²) in [5, 5.41) is 2.95. The number of imidazole rings is 1. The molecule has 0 aliphatic carbocycles. The third kappa shape index (κ3) is 4.08. The van der Waals surface area contributed by atoms with Crippen LogP contribution in [0.25, 0.3) is 0 Å². The first-order valence-corrected chi connectivity index (χ1v) is 9.80. The number of nitrogens with one attached hydrogen (secondary N) is 1. The second kappa shape index (κ2) is 7.95. The van der Waals surface area contributed by atoms with Gasteiger partial charge in [0.15, 0.2) is 0 Å². The number of carbonyl (C=O) groups is 1. The number of para-hydroxylation sites is 1. The fourth-order valence-corrected chi connectivity index (χ4v) is 3.59. The monoisotopic (exact) mass is 391 g/mol. The fraction of sp³-hybridized carbons (Fsp3) is 0.318. The number of carbonyl (C=O) groups excluding carboxylic acids is 1. The second-order valence-electron chi connectivity index (χ2n) is 7.48. The SMILES string of the molecule is CC(C)c1nc2c(n1C)CCN(C(=O)Nc1ccnc(Oc3ccccc3)c1)C2. The molecule has 150 valence electrons. The number of hydrogen-bond acceptors (Lipinski definition) is 4. The normalized spacial score (nSPS) is 13.3. The minimum atomic E-state index is -0.149. The highest BCUT2D eigenvalue weighted by atomic mass is 16.5. The molecule has 4 rings (SSSR count). The van der Waals surface area contributed by atoms with Crippen molar-refractivity contribution in [2.24, 2.45) is 7.05 Å². The van der Waals surface area contributed by atoms with Gasteiger partial charge in [-0.3, -0.25) is 0 Å². The van der Waals surface area contributed by atoms with Gasteiger partial charge in [0.25, 0.3) is 0 Å². The lowest BCUT2D eigenvalue weighted by Crippen LogP contribution is -2.39. The van der Waals surface area contributed by atoms with Gasteiger partial charge in [-0.15, -0.1) is 0 Å². The first kappa shape index (κ1) is 19.0. The van der Waals surface area contributed by atoms with Crippen molar-refractivity contribution in [3.8, 4) is 11.6 Å². The standard InChI is InChI=1S/C22H25N5O2/c1-15(2)21-25-18-14-27(12-10-19(18)26(21)3)22(28)24-16-9-11-23-20(13-16)29-17-7-5-4-6-8-17/h4-9,11,13,15H,10,12,14H2,1-3H3,(H,23,24,28). The number of nitrogens with zero attached hydrogens (tertiary/aromatic N) is 4. The van der Waals surface area contributed by atoms with Gasteiger partial charge in [-0.25, -0.2) is 14.8 Å². The summed E-state index contributed by atoms with van der Waals surface area (Å²) in [6, 6.07) is 12.8. The molecule has 1 aromatic carbocycles. The average Bonchev–Trinajstić information content (AvgIpc) is 3.05. The molecule has 2 aromatic heterocycles. The van der Waals surface area contributed by atoms with Gasteiger partial charge in [-0.05, 0) is 18.2 Å². The Labute approximate surface area is 170 Å². The zero-order valence-electron chi connectivity index (χ0n) is 16.9. The Bertz CT molecular complexity index is 1010. The number of fused-ring (bicyclic) bond motifs is 1. The van der Waals surface area contributed by atoms with Crippen LogP contribution >= 0.6 is 0 Å². The molecule has 0 fully saturated rings. The van der Waals surface area contributed by atoms with Crippen LogP contribution in [-0.2, 0) is 20.0 Å². The van der Waals surface area contributed by atoms with E-state index in [-0.39, 0.29) is 6.03 Å². The number of urea groups is 1. The molecule has 0 unspecified atom stereocenters. The van der Waals surface area contributed by atoms with Crippen LogP contribution in [0.4, 0.5) is 10.5 Å². The highest BCUT2D eigenvalue weighted by Gasteiger charge is 2.26. The number of benzene rings is 1. The van der Waals surface area contributed by atoms with E-state index in [1.54, 1.807) is 23.2 Å². The van der Waals surface area contributed by atoms with Crippen LogP contribution in [0.5, 0.6) is 11.6 Å². The van der Waals surface area contributed by atoms with E-state index in [9.17, 15) is 4.79 Å². The first-order valence-electron chi connectivity index (χ1n) is 9.80.